The van der Waals surface area contributed by atoms with Gasteiger partial charge in [-0.25, -0.2) is 9.67 Å². The lowest BCUT2D eigenvalue weighted by atomic mass is 10.0. The maximum absolute atomic E-state index is 13.2. The van der Waals surface area contributed by atoms with E-state index in [-0.39, 0.29) is 5.91 Å². The maximum atomic E-state index is 13.2. The average Bonchev–Trinajstić information content (AvgIpc) is 3.47. The minimum Gasteiger partial charge on any atom is -0.397 e. The summed E-state index contributed by atoms with van der Waals surface area (Å²) in [5.74, 6) is -0.224. The van der Waals surface area contributed by atoms with Crippen molar-refractivity contribution < 1.29 is 4.79 Å². The van der Waals surface area contributed by atoms with Gasteiger partial charge in [0.2, 0.25) is 0 Å². The number of hydrogen-bond acceptors (Lipinski definition) is 6. The van der Waals surface area contributed by atoms with Gasteiger partial charge in [0.1, 0.15) is 9.71 Å². The molecule has 5 rings (SSSR count). The summed E-state index contributed by atoms with van der Waals surface area (Å²) >= 11 is 2.96. The number of nitrogen functional groups attached to an aromatic ring is 1. The van der Waals surface area contributed by atoms with E-state index in [9.17, 15) is 4.79 Å². The first-order valence-corrected chi connectivity index (χ1v) is 11.1. The van der Waals surface area contributed by atoms with Gasteiger partial charge >= 0.3 is 0 Å². The first-order valence-electron chi connectivity index (χ1n) is 9.43. The Morgan fingerprint density at radius 1 is 1.07 bits per heavy atom. The van der Waals surface area contributed by atoms with E-state index < -0.39 is 0 Å². The number of anilines is 1. The topological polar surface area (TPSA) is 73.8 Å². The van der Waals surface area contributed by atoms with Crippen LogP contribution in [0.15, 0.2) is 60.0 Å². The molecule has 1 aromatic carbocycles. The second-order valence-electron chi connectivity index (χ2n) is 7.07. The Kier molecular flexibility index (Phi) is 4.49. The number of fused-ring (bicyclic) bond motifs is 1. The molecule has 7 heteroatoms. The number of pyridine rings is 1. The summed E-state index contributed by atoms with van der Waals surface area (Å²) in [7, 11) is 0. The smallest absolute Gasteiger partial charge is 0.290 e. The summed E-state index contributed by atoms with van der Waals surface area (Å²) in [6.45, 7) is 3.73. The standard InChI is InChI=1S/C23H18N4OS2/c1-13-11-14(2)27(26-13)23(28)21-20(24)19-16(15-7-4-3-5-8-15)12-17(25-22(19)30-21)18-9-6-10-29-18/h3-12H,24H2,1-2H3. The zero-order valence-electron chi connectivity index (χ0n) is 16.4. The van der Waals surface area contributed by atoms with Gasteiger partial charge in [-0.1, -0.05) is 36.4 Å². The third-order valence-electron chi connectivity index (χ3n) is 4.95. The van der Waals surface area contributed by atoms with Crippen molar-refractivity contribution in [3.8, 4) is 21.7 Å². The second-order valence-corrected chi connectivity index (χ2v) is 9.01. The van der Waals surface area contributed by atoms with Crippen LogP contribution in [0.25, 0.3) is 31.9 Å². The van der Waals surface area contributed by atoms with Gasteiger partial charge in [-0.05, 0) is 48.6 Å². The van der Waals surface area contributed by atoms with Crippen molar-refractivity contribution in [3.63, 3.8) is 0 Å². The fraction of sp³-hybridized carbons (Fsp3) is 0.0870. The Morgan fingerprint density at radius 2 is 1.87 bits per heavy atom. The number of nitrogens with two attached hydrogens (primary N) is 1. The number of rotatable bonds is 3. The van der Waals surface area contributed by atoms with Crippen molar-refractivity contribution in [3.05, 3.63) is 76.2 Å². The number of benzene rings is 1. The summed E-state index contributed by atoms with van der Waals surface area (Å²) in [4.78, 5) is 20.4. The van der Waals surface area contributed by atoms with Crippen molar-refractivity contribution in [2.24, 2.45) is 0 Å². The Labute approximate surface area is 181 Å². The minimum atomic E-state index is -0.224. The highest BCUT2D eigenvalue weighted by molar-refractivity contribution is 7.21. The highest BCUT2D eigenvalue weighted by atomic mass is 32.1. The molecule has 2 N–H and O–H groups in total. The van der Waals surface area contributed by atoms with E-state index in [1.807, 2.05) is 67.8 Å². The highest BCUT2D eigenvalue weighted by Crippen LogP contribution is 2.42. The van der Waals surface area contributed by atoms with Crippen LogP contribution in [-0.2, 0) is 0 Å². The van der Waals surface area contributed by atoms with Gasteiger partial charge in [0.15, 0.2) is 0 Å². The van der Waals surface area contributed by atoms with Crippen LogP contribution in [0.5, 0.6) is 0 Å². The van der Waals surface area contributed by atoms with Crippen LogP contribution in [0.2, 0.25) is 0 Å². The molecule has 0 fully saturated rings. The maximum Gasteiger partial charge on any atom is 0.290 e. The molecule has 5 aromatic rings. The fourth-order valence-corrected chi connectivity index (χ4v) is 5.34. The Balaban J connectivity index is 1.77. The molecular formula is C23H18N4OS2. The number of carbonyl (C=O) groups excluding carboxylic acids is 1. The SMILES string of the molecule is Cc1cc(C)n(C(=O)c2sc3nc(-c4cccs4)cc(-c4ccccc4)c3c2N)n1. The molecule has 0 spiro atoms. The van der Waals surface area contributed by atoms with Gasteiger partial charge in [0, 0.05) is 11.1 Å². The number of thiophene rings is 2. The molecule has 0 radical (unpaired) electrons. The van der Waals surface area contributed by atoms with Crippen LogP contribution >= 0.6 is 22.7 Å². The van der Waals surface area contributed by atoms with E-state index in [0.717, 1.165) is 43.3 Å². The zero-order chi connectivity index (χ0) is 20.8. The van der Waals surface area contributed by atoms with Gasteiger partial charge in [-0.15, -0.1) is 22.7 Å². The molecule has 148 valence electrons. The van der Waals surface area contributed by atoms with Crippen LogP contribution in [0.4, 0.5) is 5.69 Å². The van der Waals surface area contributed by atoms with Crippen LogP contribution < -0.4 is 5.73 Å². The summed E-state index contributed by atoms with van der Waals surface area (Å²) in [5, 5.41) is 7.18. The molecule has 0 unspecified atom stereocenters. The Morgan fingerprint density at radius 3 is 2.53 bits per heavy atom. The molecule has 0 atom stereocenters. The lowest BCUT2D eigenvalue weighted by molar-refractivity contribution is 0.0947. The highest BCUT2D eigenvalue weighted by Gasteiger charge is 2.24. The average molecular weight is 431 g/mol. The van der Waals surface area contributed by atoms with Gasteiger partial charge < -0.3 is 5.73 Å². The lowest BCUT2D eigenvalue weighted by Gasteiger charge is -2.08. The van der Waals surface area contributed by atoms with Gasteiger partial charge in [0.05, 0.1) is 22.0 Å². The Hall–Kier alpha value is -3.29. The van der Waals surface area contributed by atoms with E-state index in [1.54, 1.807) is 11.3 Å². The normalized spacial score (nSPS) is 11.3. The number of nitrogens with zero attached hydrogens (tertiary/aromatic N) is 3. The fourth-order valence-electron chi connectivity index (χ4n) is 3.61. The first kappa shape index (κ1) is 18.7. The molecule has 0 saturated heterocycles. The minimum absolute atomic E-state index is 0.224. The van der Waals surface area contributed by atoms with E-state index in [1.165, 1.54) is 16.0 Å². The lowest BCUT2D eigenvalue weighted by Crippen LogP contribution is -2.15. The van der Waals surface area contributed by atoms with Gasteiger partial charge in [-0.2, -0.15) is 5.10 Å². The van der Waals surface area contributed by atoms with Crippen molar-refractivity contribution in [2.75, 3.05) is 5.73 Å². The van der Waals surface area contributed by atoms with Crippen LogP contribution in [0.1, 0.15) is 21.1 Å². The number of carbonyl (C=O) groups is 1. The molecule has 5 nitrogen and oxygen atoms in total. The molecule has 4 heterocycles. The predicted octanol–water partition coefficient (Wildman–Crippen LogP) is 5.78. The number of aromatic nitrogens is 3. The third-order valence-corrected chi connectivity index (χ3v) is 6.93. The van der Waals surface area contributed by atoms with Crippen molar-refractivity contribution >= 4 is 44.5 Å². The van der Waals surface area contributed by atoms with Crippen molar-refractivity contribution in [1.29, 1.82) is 0 Å². The van der Waals surface area contributed by atoms with Crippen LogP contribution in [-0.4, -0.2) is 20.7 Å². The molecule has 0 aliphatic rings. The number of hydrogen-bond donors (Lipinski definition) is 1. The quantitative estimate of drug-likeness (QED) is 0.394. The zero-order valence-corrected chi connectivity index (χ0v) is 18.1. The largest absolute Gasteiger partial charge is 0.397 e. The van der Waals surface area contributed by atoms with Crippen molar-refractivity contribution in [2.45, 2.75) is 13.8 Å². The molecule has 0 aliphatic carbocycles. The molecule has 30 heavy (non-hydrogen) atoms. The molecular weight excluding hydrogens is 412 g/mol. The van der Waals surface area contributed by atoms with E-state index in [0.29, 0.717) is 10.6 Å². The van der Waals surface area contributed by atoms with Crippen LogP contribution in [0.3, 0.4) is 0 Å². The number of aryl methyl sites for hydroxylation is 2. The summed E-state index contributed by atoms with van der Waals surface area (Å²) in [6.07, 6.45) is 0. The Bertz CT molecular complexity index is 1380. The summed E-state index contributed by atoms with van der Waals surface area (Å²) < 4.78 is 1.42. The van der Waals surface area contributed by atoms with Gasteiger partial charge in [0.25, 0.3) is 5.91 Å². The first-order chi connectivity index (χ1) is 14.5. The van der Waals surface area contributed by atoms with E-state index in [4.69, 9.17) is 10.7 Å². The molecule has 4 aromatic heterocycles. The van der Waals surface area contributed by atoms with E-state index >= 15 is 0 Å². The van der Waals surface area contributed by atoms with Crippen molar-refractivity contribution in [1.82, 2.24) is 14.8 Å². The molecule has 0 amide bonds. The van der Waals surface area contributed by atoms with E-state index in [2.05, 4.69) is 11.2 Å². The summed E-state index contributed by atoms with van der Waals surface area (Å²) in [5.41, 5.74) is 11.5. The van der Waals surface area contributed by atoms with Gasteiger partial charge in [-0.3, -0.25) is 4.79 Å². The predicted molar refractivity (Wildman–Crippen MR) is 124 cm³/mol. The third kappa shape index (κ3) is 3.03. The monoisotopic (exact) mass is 430 g/mol. The second kappa shape index (κ2) is 7.19. The van der Waals surface area contributed by atoms with Crippen LogP contribution in [0, 0.1) is 13.8 Å². The molecule has 0 bridgehead atoms. The molecule has 0 saturated carbocycles. The molecule has 0 aliphatic heterocycles. The summed E-state index contributed by atoms with van der Waals surface area (Å²) in [6, 6.07) is 18.1.